The van der Waals surface area contributed by atoms with Gasteiger partial charge in [-0.1, -0.05) is 33.8 Å². The number of rotatable bonds is 7. The van der Waals surface area contributed by atoms with Crippen LogP contribution < -0.4 is 5.32 Å². The van der Waals surface area contributed by atoms with E-state index in [1.165, 1.54) is 11.5 Å². The maximum Gasteiger partial charge on any atom is 0.264 e. The molecule has 0 saturated heterocycles. The normalized spacial score (nSPS) is 10.4. The van der Waals surface area contributed by atoms with E-state index in [1.54, 1.807) is 0 Å². The van der Waals surface area contributed by atoms with Crippen LogP contribution in [0.25, 0.3) is 0 Å². The first-order chi connectivity index (χ1) is 7.79. The Balaban J connectivity index is 2.42. The number of aryl methyl sites for hydroxylation is 1. The lowest BCUT2D eigenvalue weighted by Crippen LogP contribution is -2.24. The molecule has 0 radical (unpaired) electrons. The fourth-order valence-electron chi connectivity index (χ4n) is 1.28. The first-order valence-electron chi connectivity index (χ1n) is 5.45. The summed E-state index contributed by atoms with van der Waals surface area (Å²) >= 11 is 4.54. The van der Waals surface area contributed by atoms with Gasteiger partial charge in [-0.25, -0.2) is 0 Å². The van der Waals surface area contributed by atoms with Crippen molar-refractivity contribution >= 4 is 33.4 Å². The number of carbonyl (C=O) groups is 1. The van der Waals surface area contributed by atoms with Crippen LogP contribution in [0.15, 0.2) is 0 Å². The molecule has 4 nitrogen and oxygen atoms in total. The number of hydrogen-bond donors (Lipinski definition) is 1. The Kier molecular flexibility index (Phi) is 6.56. The molecule has 0 aliphatic carbocycles. The number of aromatic nitrogens is 2. The summed E-state index contributed by atoms with van der Waals surface area (Å²) in [6.07, 6.45) is 3.87. The molecule has 1 heterocycles. The van der Waals surface area contributed by atoms with Gasteiger partial charge in [-0.2, -0.15) is 0 Å². The second-order valence-electron chi connectivity index (χ2n) is 3.45. The van der Waals surface area contributed by atoms with E-state index >= 15 is 0 Å². The molecular formula is C10H16BrN3OS. The van der Waals surface area contributed by atoms with Crippen LogP contribution in [-0.4, -0.2) is 27.4 Å². The first kappa shape index (κ1) is 13.6. The highest BCUT2D eigenvalue weighted by Crippen LogP contribution is 2.12. The number of halogens is 1. The van der Waals surface area contributed by atoms with Gasteiger partial charge < -0.3 is 5.32 Å². The summed E-state index contributed by atoms with van der Waals surface area (Å²) in [5, 5.41) is 7.84. The van der Waals surface area contributed by atoms with Gasteiger partial charge in [0, 0.05) is 11.9 Å². The average Bonchev–Trinajstić information content (AvgIpc) is 2.73. The topological polar surface area (TPSA) is 54.9 Å². The minimum Gasteiger partial charge on any atom is -0.351 e. The van der Waals surface area contributed by atoms with Crippen molar-refractivity contribution in [3.63, 3.8) is 0 Å². The zero-order valence-corrected chi connectivity index (χ0v) is 11.7. The van der Waals surface area contributed by atoms with Gasteiger partial charge in [-0.3, -0.25) is 4.79 Å². The molecule has 0 saturated carbocycles. The summed E-state index contributed by atoms with van der Waals surface area (Å²) in [4.78, 5) is 12.4. The van der Waals surface area contributed by atoms with E-state index in [0.29, 0.717) is 11.4 Å². The highest BCUT2D eigenvalue weighted by atomic mass is 79.9. The Bertz CT molecular complexity index is 330. The highest BCUT2D eigenvalue weighted by Gasteiger charge is 2.14. The van der Waals surface area contributed by atoms with Gasteiger partial charge in [-0.15, -0.1) is 5.10 Å². The third-order valence-electron chi connectivity index (χ3n) is 2.09. The summed E-state index contributed by atoms with van der Waals surface area (Å²) in [5.74, 6) is -0.0342. The average molecular weight is 306 g/mol. The van der Waals surface area contributed by atoms with Gasteiger partial charge in [0.05, 0.1) is 5.69 Å². The molecule has 1 N–H and O–H groups in total. The lowest BCUT2D eigenvalue weighted by molar-refractivity contribution is 0.0956. The van der Waals surface area contributed by atoms with E-state index in [1.807, 2.05) is 0 Å². The summed E-state index contributed by atoms with van der Waals surface area (Å²) in [6, 6.07) is 0. The Labute approximate surface area is 108 Å². The van der Waals surface area contributed by atoms with Crippen LogP contribution in [0, 0.1) is 0 Å². The first-order valence-corrected chi connectivity index (χ1v) is 7.34. The van der Waals surface area contributed by atoms with E-state index in [-0.39, 0.29) is 5.91 Å². The van der Waals surface area contributed by atoms with Gasteiger partial charge in [-0.05, 0) is 30.8 Å². The van der Waals surface area contributed by atoms with Gasteiger partial charge in [0.2, 0.25) is 0 Å². The maximum atomic E-state index is 11.8. The zero-order valence-electron chi connectivity index (χ0n) is 9.33. The number of nitrogens with one attached hydrogen (secondary N) is 1. The number of carbonyl (C=O) groups excluding carboxylic acids is 1. The summed E-state index contributed by atoms with van der Waals surface area (Å²) in [6.45, 7) is 2.78. The predicted octanol–water partition coefficient (Wildman–Crippen LogP) is 2.40. The van der Waals surface area contributed by atoms with Crippen molar-refractivity contribution in [2.24, 2.45) is 0 Å². The quantitative estimate of drug-likeness (QED) is 0.621. The molecule has 0 aliphatic heterocycles. The van der Waals surface area contributed by atoms with Crippen molar-refractivity contribution in [3.05, 3.63) is 10.6 Å². The number of hydrogen-bond acceptors (Lipinski definition) is 4. The maximum absolute atomic E-state index is 11.8. The summed E-state index contributed by atoms with van der Waals surface area (Å²) < 4.78 is 3.83. The highest BCUT2D eigenvalue weighted by molar-refractivity contribution is 9.09. The van der Waals surface area contributed by atoms with Crippen molar-refractivity contribution in [1.29, 1.82) is 0 Å². The molecule has 16 heavy (non-hydrogen) atoms. The van der Waals surface area contributed by atoms with Gasteiger partial charge >= 0.3 is 0 Å². The molecular weight excluding hydrogens is 290 g/mol. The zero-order chi connectivity index (χ0) is 11.8. The van der Waals surface area contributed by atoms with Crippen LogP contribution >= 0.6 is 27.5 Å². The number of amides is 1. The molecule has 1 amide bonds. The van der Waals surface area contributed by atoms with Crippen molar-refractivity contribution in [2.45, 2.75) is 32.6 Å². The van der Waals surface area contributed by atoms with Crippen LogP contribution in [-0.2, 0) is 6.42 Å². The molecule has 0 atom stereocenters. The molecule has 0 aliphatic rings. The molecule has 0 unspecified atom stereocenters. The largest absolute Gasteiger partial charge is 0.351 e. The second-order valence-corrected chi connectivity index (χ2v) is 5.00. The van der Waals surface area contributed by atoms with Crippen molar-refractivity contribution < 1.29 is 4.79 Å². The SMILES string of the molecule is CCCc1nnsc1C(=O)NCCCCBr. The molecule has 0 aromatic carbocycles. The van der Waals surface area contributed by atoms with Crippen molar-refractivity contribution in [2.75, 3.05) is 11.9 Å². The second kappa shape index (κ2) is 7.73. The summed E-state index contributed by atoms with van der Waals surface area (Å²) in [5.41, 5.74) is 0.825. The molecule has 0 spiro atoms. The van der Waals surface area contributed by atoms with E-state index in [4.69, 9.17) is 0 Å². The monoisotopic (exact) mass is 305 g/mol. The lowest BCUT2D eigenvalue weighted by atomic mass is 10.2. The van der Waals surface area contributed by atoms with Gasteiger partial charge in [0.1, 0.15) is 4.88 Å². The molecule has 0 fully saturated rings. The molecule has 1 aromatic heterocycles. The van der Waals surface area contributed by atoms with Crippen LogP contribution in [0.5, 0.6) is 0 Å². The Morgan fingerprint density at radius 1 is 1.50 bits per heavy atom. The Hall–Kier alpha value is -0.490. The number of alkyl halides is 1. The fraction of sp³-hybridized carbons (Fsp3) is 0.700. The Morgan fingerprint density at radius 3 is 3.00 bits per heavy atom. The van der Waals surface area contributed by atoms with Crippen molar-refractivity contribution in [1.82, 2.24) is 14.9 Å². The summed E-state index contributed by atoms with van der Waals surface area (Å²) in [7, 11) is 0. The van der Waals surface area contributed by atoms with Gasteiger partial charge in [0.15, 0.2) is 0 Å². The molecule has 90 valence electrons. The van der Waals surface area contributed by atoms with Crippen LogP contribution in [0.2, 0.25) is 0 Å². The van der Waals surface area contributed by atoms with Gasteiger partial charge in [0.25, 0.3) is 5.91 Å². The molecule has 0 bridgehead atoms. The minimum absolute atomic E-state index is 0.0342. The van der Waals surface area contributed by atoms with E-state index in [9.17, 15) is 4.79 Å². The molecule has 1 rings (SSSR count). The third-order valence-corrected chi connectivity index (χ3v) is 3.42. The third kappa shape index (κ3) is 4.17. The van der Waals surface area contributed by atoms with E-state index in [0.717, 1.165) is 36.7 Å². The predicted molar refractivity (Wildman–Crippen MR) is 69.3 cm³/mol. The minimum atomic E-state index is -0.0342. The fourth-order valence-corrected chi connectivity index (χ4v) is 2.30. The van der Waals surface area contributed by atoms with Crippen molar-refractivity contribution in [3.8, 4) is 0 Å². The number of nitrogens with zero attached hydrogens (tertiary/aromatic N) is 2. The van der Waals surface area contributed by atoms with E-state index < -0.39 is 0 Å². The van der Waals surface area contributed by atoms with Crippen LogP contribution in [0.1, 0.15) is 41.6 Å². The lowest BCUT2D eigenvalue weighted by Gasteiger charge is -2.03. The molecule has 1 aromatic rings. The Morgan fingerprint density at radius 2 is 2.31 bits per heavy atom. The van der Waals surface area contributed by atoms with Crippen LogP contribution in [0.3, 0.4) is 0 Å². The number of unbranched alkanes of at least 4 members (excludes halogenated alkanes) is 1. The standard InChI is InChI=1S/C10H16BrN3OS/c1-2-5-8-9(16-14-13-8)10(15)12-7-4-3-6-11/h2-7H2,1H3,(H,12,15). The molecule has 6 heteroatoms. The smallest absolute Gasteiger partial charge is 0.264 e. The van der Waals surface area contributed by atoms with Crippen LogP contribution in [0.4, 0.5) is 0 Å². The van der Waals surface area contributed by atoms with E-state index in [2.05, 4.69) is 37.8 Å².